The van der Waals surface area contributed by atoms with Crippen LogP contribution < -0.4 is 5.32 Å². The Balaban J connectivity index is 1.18. The molecule has 1 atom stereocenters. The highest BCUT2D eigenvalue weighted by Gasteiger charge is 2.38. The van der Waals surface area contributed by atoms with Crippen molar-refractivity contribution in [2.75, 3.05) is 26.2 Å². The zero-order valence-electron chi connectivity index (χ0n) is 13.7. The molecule has 1 aromatic rings. The van der Waals surface area contributed by atoms with Crippen LogP contribution in [-0.2, 0) is 0 Å². The smallest absolute Gasteiger partial charge is 0.320 e. The van der Waals surface area contributed by atoms with Gasteiger partial charge >= 0.3 is 6.03 Å². The van der Waals surface area contributed by atoms with Gasteiger partial charge in [0, 0.05) is 44.6 Å². The Bertz CT molecular complexity index is 543. The van der Waals surface area contributed by atoms with Crippen molar-refractivity contribution in [1.29, 1.82) is 0 Å². The molecule has 3 heterocycles. The fourth-order valence-corrected chi connectivity index (χ4v) is 4.22. The van der Waals surface area contributed by atoms with Crippen LogP contribution in [0, 0.1) is 0 Å². The van der Waals surface area contributed by atoms with Crippen molar-refractivity contribution in [2.45, 2.75) is 50.1 Å². The molecule has 3 aliphatic rings. The van der Waals surface area contributed by atoms with Crippen LogP contribution in [0.4, 0.5) is 4.79 Å². The van der Waals surface area contributed by atoms with Crippen LogP contribution in [0.1, 0.15) is 43.6 Å². The van der Waals surface area contributed by atoms with Crippen molar-refractivity contribution in [3.05, 3.63) is 30.1 Å². The minimum absolute atomic E-state index is 0.262. The molecule has 5 nitrogen and oxygen atoms in total. The molecule has 4 rings (SSSR count). The predicted octanol–water partition coefficient (Wildman–Crippen LogP) is 2.21. The summed E-state index contributed by atoms with van der Waals surface area (Å²) < 4.78 is 0. The summed E-state index contributed by atoms with van der Waals surface area (Å²) in [6.45, 7) is 3.66. The first kappa shape index (κ1) is 14.9. The summed E-state index contributed by atoms with van der Waals surface area (Å²) in [5.74, 6) is 0.656. The molecule has 3 fully saturated rings. The highest BCUT2D eigenvalue weighted by Crippen LogP contribution is 2.36. The van der Waals surface area contributed by atoms with E-state index in [1.54, 1.807) is 0 Å². The van der Waals surface area contributed by atoms with Crippen LogP contribution in [-0.4, -0.2) is 59.1 Å². The van der Waals surface area contributed by atoms with Crippen molar-refractivity contribution in [1.82, 2.24) is 20.1 Å². The second-order valence-electron chi connectivity index (χ2n) is 7.18. The minimum atomic E-state index is 0.262. The van der Waals surface area contributed by atoms with Gasteiger partial charge in [0.05, 0.1) is 6.04 Å². The normalized spacial score (nSPS) is 30.3. The van der Waals surface area contributed by atoms with E-state index < -0.39 is 0 Å². The number of hydrogen-bond acceptors (Lipinski definition) is 3. The topological polar surface area (TPSA) is 48.5 Å². The van der Waals surface area contributed by atoms with Crippen LogP contribution in [0.15, 0.2) is 24.5 Å². The highest BCUT2D eigenvalue weighted by molar-refractivity contribution is 5.77. The predicted molar refractivity (Wildman–Crippen MR) is 89.3 cm³/mol. The second kappa shape index (κ2) is 6.48. The van der Waals surface area contributed by atoms with Gasteiger partial charge in [-0.05, 0) is 49.7 Å². The molecule has 1 saturated carbocycles. The molecule has 23 heavy (non-hydrogen) atoms. The Morgan fingerprint density at radius 1 is 1.30 bits per heavy atom. The number of nitrogens with zero attached hydrogens (tertiary/aromatic N) is 3. The van der Waals surface area contributed by atoms with Crippen molar-refractivity contribution < 1.29 is 4.79 Å². The van der Waals surface area contributed by atoms with Crippen LogP contribution in [0.25, 0.3) is 0 Å². The van der Waals surface area contributed by atoms with Gasteiger partial charge in [-0.1, -0.05) is 6.07 Å². The Morgan fingerprint density at radius 3 is 3.00 bits per heavy atom. The molecule has 2 amide bonds. The molecule has 124 valence electrons. The van der Waals surface area contributed by atoms with E-state index in [1.807, 2.05) is 23.4 Å². The summed E-state index contributed by atoms with van der Waals surface area (Å²) in [5, 5.41) is 3.61. The van der Waals surface area contributed by atoms with Crippen LogP contribution in [0.3, 0.4) is 0 Å². The third-order valence-corrected chi connectivity index (χ3v) is 5.68. The maximum Gasteiger partial charge on any atom is 0.320 e. The van der Waals surface area contributed by atoms with Gasteiger partial charge in [0.15, 0.2) is 0 Å². The van der Waals surface area contributed by atoms with Gasteiger partial charge in [0.1, 0.15) is 0 Å². The van der Waals surface area contributed by atoms with Crippen molar-refractivity contribution in [3.8, 4) is 0 Å². The molecule has 2 saturated heterocycles. The summed E-state index contributed by atoms with van der Waals surface area (Å²) in [6, 6.07) is 5.53. The molecule has 1 aliphatic carbocycles. The number of carbonyl (C=O) groups excluding carboxylic acids is 1. The van der Waals surface area contributed by atoms with Crippen molar-refractivity contribution in [2.24, 2.45) is 0 Å². The monoisotopic (exact) mass is 314 g/mol. The largest absolute Gasteiger partial charge is 0.321 e. The van der Waals surface area contributed by atoms with Gasteiger partial charge in [-0.15, -0.1) is 0 Å². The van der Waals surface area contributed by atoms with E-state index in [9.17, 15) is 4.79 Å². The fraction of sp³-hybridized carbons (Fsp3) is 0.667. The number of piperidine rings is 1. The maximum atomic E-state index is 12.4. The molecular weight excluding hydrogens is 288 g/mol. The Labute approximate surface area is 138 Å². The minimum Gasteiger partial charge on any atom is -0.321 e. The number of nitrogens with one attached hydrogen (secondary N) is 1. The number of urea groups is 1. The fourth-order valence-electron chi connectivity index (χ4n) is 4.22. The Morgan fingerprint density at radius 2 is 2.22 bits per heavy atom. The summed E-state index contributed by atoms with van der Waals surface area (Å²) >= 11 is 0. The number of amides is 2. The van der Waals surface area contributed by atoms with Gasteiger partial charge in [0.25, 0.3) is 0 Å². The second-order valence-corrected chi connectivity index (χ2v) is 7.18. The van der Waals surface area contributed by atoms with Crippen LogP contribution >= 0.6 is 0 Å². The number of aromatic nitrogens is 1. The zero-order chi connectivity index (χ0) is 15.6. The molecule has 1 unspecified atom stereocenters. The van der Waals surface area contributed by atoms with Gasteiger partial charge < -0.3 is 15.1 Å². The number of fused-ring (bicyclic) bond motifs is 1. The number of hydrogen-bond donors (Lipinski definition) is 1. The lowest BCUT2D eigenvalue weighted by Gasteiger charge is -2.36. The average molecular weight is 314 g/mol. The standard InChI is InChI=1S/C18H26N4O/c23-18-21(13-17-5-1-2-8-22(17)18)9-7-20-16-10-15(11-16)14-4-3-6-19-12-14/h3-4,6,12,15-17,20H,1-2,5,7-11,13H2. The quantitative estimate of drug-likeness (QED) is 0.906. The molecule has 2 aliphatic heterocycles. The van der Waals surface area contributed by atoms with Crippen molar-refractivity contribution >= 4 is 6.03 Å². The lowest BCUT2D eigenvalue weighted by atomic mass is 9.76. The lowest BCUT2D eigenvalue weighted by Crippen LogP contribution is -2.44. The molecule has 1 aromatic heterocycles. The first-order chi connectivity index (χ1) is 11.3. The van der Waals surface area contributed by atoms with E-state index in [0.29, 0.717) is 18.0 Å². The summed E-state index contributed by atoms with van der Waals surface area (Å²) in [6.07, 6.45) is 9.83. The first-order valence-electron chi connectivity index (χ1n) is 9.00. The lowest BCUT2D eigenvalue weighted by molar-refractivity contribution is 0.174. The molecular formula is C18H26N4O. The van der Waals surface area contributed by atoms with Crippen LogP contribution in [0.2, 0.25) is 0 Å². The first-order valence-corrected chi connectivity index (χ1v) is 9.00. The highest BCUT2D eigenvalue weighted by atomic mass is 16.2. The summed E-state index contributed by atoms with van der Waals surface area (Å²) in [7, 11) is 0. The van der Waals surface area contributed by atoms with E-state index in [1.165, 1.54) is 37.7 Å². The molecule has 5 heteroatoms. The number of rotatable bonds is 5. The van der Waals surface area contributed by atoms with E-state index in [2.05, 4.69) is 21.3 Å². The Hall–Kier alpha value is -1.62. The van der Waals surface area contributed by atoms with Gasteiger partial charge in [0.2, 0.25) is 0 Å². The van der Waals surface area contributed by atoms with E-state index in [0.717, 1.165) is 26.2 Å². The van der Waals surface area contributed by atoms with E-state index in [4.69, 9.17) is 0 Å². The Kier molecular flexibility index (Phi) is 4.21. The van der Waals surface area contributed by atoms with E-state index in [-0.39, 0.29) is 6.03 Å². The van der Waals surface area contributed by atoms with Gasteiger partial charge in [-0.2, -0.15) is 0 Å². The van der Waals surface area contributed by atoms with Gasteiger partial charge in [-0.3, -0.25) is 4.98 Å². The van der Waals surface area contributed by atoms with E-state index >= 15 is 0 Å². The third kappa shape index (κ3) is 3.07. The number of pyridine rings is 1. The molecule has 1 N–H and O–H groups in total. The molecule has 0 radical (unpaired) electrons. The third-order valence-electron chi connectivity index (χ3n) is 5.68. The molecule has 0 bridgehead atoms. The molecule has 0 aromatic carbocycles. The summed E-state index contributed by atoms with van der Waals surface area (Å²) in [5.41, 5.74) is 1.36. The van der Waals surface area contributed by atoms with Crippen molar-refractivity contribution in [3.63, 3.8) is 0 Å². The zero-order valence-corrected chi connectivity index (χ0v) is 13.7. The number of carbonyl (C=O) groups is 1. The SMILES string of the molecule is O=C1N(CCNC2CC(c3cccnc3)C2)CC2CCCCN12. The summed E-state index contributed by atoms with van der Waals surface area (Å²) in [4.78, 5) is 20.7. The van der Waals surface area contributed by atoms with Gasteiger partial charge in [-0.25, -0.2) is 4.79 Å². The molecule has 0 spiro atoms. The maximum absolute atomic E-state index is 12.4. The average Bonchev–Trinajstić information content (AvgIpc) is 2.87. The van der Waals surface area contributed by atoms with Crippen LogP contribution in [0.5, 0.6) is 0 Å².